The summed E-state index contributed by atoms with van der Waals surface area (Å²) >= 11 is 0. The maximum atomic E-state index is 12.5. The number of para-hydroxylation sites is 2. The predicted molar refractivity (Wildman–Crippen MR) is 99.7 cm³/mol. The van der Waals surface area contributed by atoms with Crippen LogP contribution in [0.15, 0.2) is 45.8 Å². The number of aromatic nitrogens is 3. The average Bonchev–Trinajstić information content (AvgIpc) is 2.97. The number of hydrogen-bond donors (Lipinski definition) is 2. The molecule has 0 amide bonds. The molecule has 3 aromatic rings. The third-order valence-electron chi connectivity index (χ3n) is 3.59. The number of nitrogens with one attached hydrogen (secondary N) is 2. The van der Waals surface area contributed by atoms with E-state index in [0.717, 1.165) is 5.69 Å². The molecule has 0 spiro atoms. The number of nitrogens with zero attached hydrogens (tertiary/aromatic N) is 3. The summed E-state index contributed by atoms with van der Waals surface area (Å²) in [7, 11) is -3.87. The topological polar surface area (TPSA) is 119 Å². The monoisotopic (exact) mass is 389 g/mol. The fourth-order valence-corrected chi connectivity index (χ4v) is 3.82. The minimum atomic E-state index is -3.87. The Hall–Kier alpha value is -3.14. The molecule has 27 heavy (non-hydrogen) atoms. The van der Waals surface area contributed by atoms with E-state index in [1.807, 2.05) is 31.2 Å². The van der Waals surface area contributed by atoms with E-state index < -0.39 is 10.0 Å². The van der Waals surface area contributed by atoms with Gasteiger partial charge in [-0.15, -0.1) is 10.2 Å². The zero-order valence-corrected chi connectivity index (χ0v) is 15.9. The van der Waals surface area contributed by atoms with Crippen molar-refractivity contribution in [3.63, 3.8) is 0 Å². The summed E-state index contributed by atoms with van der Waals surface area (Å²) in [6.45, 7) is 5.52. The summed E-state index contributed by atoms with van der Waals surface area (Å²) in [5, 5.41) is 14.7. The summed E-state index contributed by atoms with van der Waals surface area (Å²) in [4.78, 5) is -0.00265. The number of rotatable bonds is 7. The number of aryl methyl sites for hydroxylation is 2. The Morgan fingerprint density at radius 2 is 1.78 bits per heavy atom. The fraction of sp³-hybridized carbons (Fsp3) is 0.235. The number of sulfonamides is 1. The second-order valence-corrected chi connectivity index (χ2v) is 7.24. The Kier molecular flexibility index (Phi) is 5.26. The summed E-state index contributed by atoms with van der Waals surface area (Å²) in [5.74, 6) is 1.42. The van der Waals surface area contributed by atoms with Crippen LogP contribution in [0, 0.1) is 13.8 Å². The van der Waals surface area contributed by atoms with E-state index in [0.29, 0.717) is 18.2 Å². The first kappa shape index (κ1) is 18.6. The van der Waals surface area contributed by atoms with Crippen LogP contribution in [-0.2, 0) is 10.0 Å². The van der Waals surface area contributed by atoms with Crippen LogP contribution in [0.25, 0.3) is 0 Å². The molecule has 0 saturated heterocycles. The van der Waals surface area contributed by atoms with Crippen molar-refractivity contribution in [1.82, 2.24) is 15.4 Å². The van der Waals surface area contributed by atoms with E-state index >= 15 is 0 Å². The SMILES string of the molecule is CCOc1ccccc1Nc1ccc(NS(=O)(=O)c2c(C)noc2C)nn1. The minimum Gasteiger partial charge on any atom is -0.492 e. The van der Waals surface area contributed by atoms with Crippen molar-refractivity contribution < 1.29 is 17.7 Å². The first-order valence-corrected chi connectivity index (χ1v) is 9.67. The highest BCUT2D eigenvalue weighted by Gasteiger charge is 2.24. The zero-order valence-electron chi connectivity index (χ0n) is 15.1. The molecular weight excluding hydrogens is 370 g/mol. The van der Waals surface area contributed by atoms with E-state index in [1.165, 1.54) is 13.0 Å². The van der Waals surface area contributed by atoms with Crippen molar-refractivity contribution in [3.05, 3.63) is 47.9 Å². The van der Waals surface area contributed by atoms with Gasteiger partial charge in [0.15, 0.2) is 22.3 Å². The molecule has 0 fully saturated rings. The fourth-order valence-electron chi connectivity index (χ4n) is 2.49. The molecule has 2 heterocycles. The lowest BCUT2D eigenvalue weighted by Crippen LogP contribution is -2.15. The van der Waals surface area contributed by atoms with Gasteiger partial charge in [0.2, 0.25) is 0 Å². The quantitative estimate of drug-likeness (QED) is 0.633. The summed E-state index contributed by atoms with van der Waals surface area (Å²) in [6, 6.07) is 10.5. The van der Waals surface area contributed by atoms with Crippen LogP contribution in [0.4, 0.5) is 17.3 Å². The van der Waals surface area contributed by atoms with Crippen LogP contribution in [0.1, 0.15) is 18.4 Å². The third kappa shape index (κ3) is 4.17. The van der Waals surface area contributed by atoms with Crippen LogP contribution in [-0.4, -0.2) is 30.4 Å². The first-order chi connectivity index (χ1) is 12.9. The van der Waals surface area contributed by atoms with Gasteiger partial charge in [-0.25, -0.2) is 8.42 Å². The van der Waals surface area contributed by atoms with Gasteiger partial charge >= 0.3 is 0 Å². The van der Waals surface area contributed by atoms with Gasteiger partial charge in [-0.1, -0.05) is 17.3 Å². The van der Waals surface area contributed by atoms with Crippen molar-refractivity contribution in [2.75, 3.05) is 16.6 Å². The normalized spacial score (nSPS) is 11.2. The smallest absolute Gasteiger partial charge is 0.268 e. The summed E-state index contributed by atoms with van der Waals surface area (Å²) in [5.41, 5.74) is 1.01. The van der Waals surface area contributed by atoms with E-state index in [4.69, 9.17) is 9.26 Å². The van der Waals surface area contributed by atoms with Gasteiger partial charge in [0.25, 0.3) is 10.0 Å². The Bertz CT molecular complexity index is 1010. The van der Waals surface area contributed by atoms with Crippen LogP contribution < -0.4 is 14.8 Å². The molecule has 0 bridgehead atoms. The molecule has 3 rings (SSSR count). The second kappa shape index (κ2) is 7.62. The number of ether oxygens (including phenoxy) is 1. The number of anilines is 3. The second-order valence-electron chi connectivity index (χ2n) is 5.62. The third-order valence-corrected chi connectivity index (χ3v) is 5.19. The highest BCUT2D eigenvalue weighted by atomic mass is 32.2. The Balaban J connectivity index is 1.76. The maximum Gasteiger partial charge on any atom is 0.268 e. The van der Waals surface area contributed by atoms with Gasteiger partial charge in [0.05, 0.1) is 12.3 Å². The van der Waals surface area contributed by atoms with E-state index in [9.17, 15) is 8.42 Å². The summed E-state index contributed by atoms with van der Waals surface area (Å²) in [6.07, 6.45) is 0. The molecule has 0 aliphatic carbocycles. The van der Waals surface area contributed by atoms with Crippen LogP contribution in [0.3, 0.4) is 0 Å². The van der Waals surface area contributed by atoms with Gasteiger partial charge in [-0.2, -0.15) is 0 Å². The van der Waals surface area contributed by atoms with E-state index in [-0.39, 0.29) is 22.2 Å². The van der Waals surface area contributed by atoms with Crippen molar-refractivity contribution in [2.24, 2.45) is 0 Å². The Morgan fingerprint density at radius 1 is 1.07 bits per heavy atom. The highest BCUT2D eigenvalue weighted by Crippen LogP contribution is 2.27. The number of hydrogen-bond acceptors (Lipinski definition) is 8. The average molecular weight is 389 g/mol. The molecule has 9 nitrogen and oxygen atoms in total. The van der Waals surface area contributed by atoms with Crippen LogP contribution in [0.2, 0.25) is 0 Å². The maximum absolute atomic E-state index is 12.5. The van der Waals surface area contributed by atoms with Gasteiger partial charge < -0.3 is 14.6 Å². The largest absolute Gasteiger partial charge is 0.492 e. The van der Waals surface area contributed by atoms with Gasteiger partial charge in [-0.3, -0.25) is 4.72 Å². The minimum absolute atomic E-state index is 0.00265. The molecule has 0 atom stereocenters. The standard InChI is InChI=1S/C17H19N5O4S/c1-4-25-14-8-6-5-7-13(14)18-15-9-10-16(20-19-15)22-27(23,24)17-11(2)21-26-12(17)3/h5-10H,4H2,1-3H3,(H,18,19)(H,20,22). The Labute approximate surface area is 156 Å². The highest BCUT2D eigenvalue weighted by molar-refractivity contribution is 7.92. The molecule has 0 aliphatic heterocycles. The molecule has 0 aliphatic rings. The van der Waals surface area contributed by atoms with Gasteiger partial charge in [0.1, 0.15) is 11.4 Å². The van der Waals surface area contributed by atoms with Crippen LogP contribution >= 0.6 is 0 Å². The predicted octanol–water partition coefficient (Wildman–Crippen LogP) is 3.02. The first-order valence-electron chi connectivity index (χ1n) is 8.19. The molecule has 142 valence electrons. The van der Waals surface area contributed by atoms with Crippen molar-refractivity contribution in [3.8, 4) is 5.75 Å². The van der Waals surface area contributed by atoms with Crippen molar-refractivity contribution in [1.29, 1.82) is 0 Å². The lowest BCUT2D eigenvalue weighted by molar-refractivity contribution is 0.342. The van der Waals surface area contributed by atoms with Gasteiger partial charge in [0, 0.05) is 0 Å². The van der Waals surface area contributed by atoms with E-state index in [2.05, 4.69) is 25.4 Å². The van der Waals surface area contributed by atoms with Crippen molar-refractivity contribution in [2.45, 2.75) is 25.7 Å². The number of benzene rings is 1. The van der Waals surface area contributed by atoms with Gasteiger partial charge in [-0.05, 0) is 45.0 Å². The Morgan fingerprint density at radius 3 is 2.41 bits per heavy atom. The summed E-state index contributed by atoms with van der Waals surface area (Å²) < 4.78 is 37.8. The molecule has 2 N–H and O–H groups in total. The van der Waals surface area contributed by atoms with E-state index in [1.54, 1.807) is 13.0 Å². The van der Waals surface area contributed by atoms with Crippen LogP contribution in [0.5, 0.6) is 5.75 Å². The molecule has 0 radical (unpaired) electrons. The molecular formula is C17H19N5O4S. The lowest BCUT2D eigenvalue weighted by Gasteiger charge is -2.11. The lowest BCUT2D eigenvalue weighted by atomic mass is 10.3. The van der Waals surface area contributed by atoms with Crippen molar-refractivity contribution >= 4 is 27.3 Å². The molecule has 0 saturated carbocycles. The zero-order chi connectivity index (χ0) is 19.4. The molecule has 2 aromatic heterocycles. The molecule has 10 heteroatoms. The molecule has 1 aromatic carbocycles. The molecule has 0 unspecified atom stereocenters.